The van der Waals surface area contributed by atoms with Crippen molar-refractivity contribution in [3.05, 3.63) is 17.0 Å². The molecule has 86 valence electrons. The van der Waals surface area contributed by atoms with Crippen LogP contribution in [0.1, 0.15) is 36.7 Å². The zero-order chi connectivity index (χ0) is 11.3. The van der Waals surface area contributed by atoms with Crippen LogP contribution >= 0.6 is 0 Å². The van der Waals surface area contributed by atoms with Gasteiger partial charge in [0, 0.05) is 30.5 Å². The number of aromatic amines is 1. The van der Waals surface area contributed by atoms with Gasteiger partial charge in [0.25, 0.3) is 0 Å². The van der Waals surface area contributed by atoms with Crippen molar-refractivity contribution in [2.75, 3.05) is 6.61 Å². The van der Waals surface area contributed by atoms with E-state index in [1.54, 1.807) is 0 Å². The minimum absolute atomic E-state index is 0.274. The average Bonchev–Trinajstić information content (AvgIpc) is 2.53. The molecule has 3 N–H and O–H groups in total. The van der Waals surface area contributed by atoms with Crippen LogP contribution in [0.5, 0.6) is 0 Å². The summed E-state index contributed by atoms with van der Waals surface area (Å²) in [4.78, 5) is 0. The van der Waals surface area contributed by atoms with Crippen molar-refractivity contribution in [1.82, 2.24) is 15.5 Å². The summed E-state index contributed by atoms with van der Waals surface area (Å²) in [5.74, 6) is 0. The van der Waals surface area contributed by atoms with Crippen LogP contribution in [-0.2, 0) is 6.54 Å². The molecule has 0 fully saturated rings. The molecule has 0 saturated carbocycles. The predicted octanol–water partition coefficient (Wildman–Crippen LogP) is 1.28. The molecule has 0 bridgehead atoms. The summed E-state index contributed by atoms with van der Waals surface area (Å²) < 4.78 is 0. The molecule has 1 atom stereocenters. The molecule has 0 radical (unpaired) electrons. The maximum Gasteiger partial charge on any atom is 0.0638 e. The Bertz CT molecular complexity index is 277. The Balaban J connectivity index is 2.36. The second kappa shape index (κ2) is 5.88. The first-order valence-electron chi connectivity index (χ1n) is 5.49. The normalized spacial score (nSPS) is 13.1. The number of rotatable bonds is 6. The third-order valence-corrected chi connectivity index (χ3v) is 2.70. The van der Waals surface area contributed by atoms with Gasteiger partial charge in [-0.25, -0.2) is 0 Å². The Labute approximate surface area is 91.1 Å². The van der Waals surface area contributed by atoms with Gasteiger partial charge in [-0.05, 0) is 33.6 Å². The number of aromatic nitrogens is 2. The van der Waals surface area contributed by atoms with Gasteiger partial charge in [-0.15, -0.1) is 0 Å². The van der Waals surface area contributed by atoms with Crippen molar-refractivity contribution >= 4 is 0 Å². The molecule has 1 unspecified atom stereocenters. The molecule has 0 aliphatic rings. The number of aryl methyl sites for hydroxylation is 2. The van der Waals surface area contributed by atoms with E-state index in [4.69, 9.17) is 5.11 Å². The lowest BCUT2D eigenvalue weighted by atomic mass is 10.1. The molecule has 1 aromatic heterocycles. The highest BCUT2D eigenvalue weighted by atomic mass is 16.2. The monoisotopic (exact) mass is 211 g/mol. The Hall–Kier alpha value is -0.870. The lowest BCUT2D eigenvalue weighted by Crippen LogP contribution is -2.26. The van der Waals surface area contributed by atoms with Crippen molar-refractivity contribution in [2.24, 2.45) is 0 Å². The summed E-state index contributed by atoms with van der Waals surface area (Å²) in [6, 6.07) is 0.436. The molecule has 0 aliphatic carbocycles. The maximum absolute atomic E-state index is 8.71. The topological polar surface area (TPSA) is 60.9 Å². The highest BCUT2D eigenvalue weighted by molar-refractivity contribution is 5.22. The van der Waals surface area contributed by atoms with Gasteiger partial charge < -0.3 is 10.4 Å². The Morgan fingerprint density at radius 2 is 2.20 bits per heavy atom. The zero-order valence-electron chi connectivity index (χ0n) is 9.80. The third-order valence-electron chi connectivity index (χ3n) is 2.70. The van der Waals surface area contributed by atoms with E-state index in [-0.39, 0.29) is 6.61 Å². The van der Waals surface area contributed by atoms with Crippen LogP contribution in [0.2, 0.25) is 0 Å². The summed E-state index contributed by atoms with van der Waals surface area (Å²) >= 11 is 0. The molecule has 15 heavy (non-hydrogen) atoms. The largest absolute Gasteiger partial charge is 0.396 e. The van der Waals surface area contributed by atoms with Crippen LogP contribution in [0.25, 0.3) is 0 Å². The van der Waals surface area contributed by atoms with Gasteiger partial charge in [0.1, 0.15) is 0 Å². The van der Waals surface area contributed by atoms with E-state index in [1.807, 2.05) is 13.8 Å². The average molecular weight is 211 g/mol. The number of nitrogens with zero attached hydrogens (tertiary/aromatic N) is 1. The van der Waals surface area contributed by atoms with Gasteiger partial charge in [-0.1, -0.05) is 0 Å². The number of aliphatic hydroxyl groups excluding tert-OH is 1. The minimum Gasteiger partial charge on any atom is -0.396 e. The molecule has 0 amide bonds. The smallest absolute Gasteiger partial charge is 0.0638 e. The van der Waals surface area contributed by atoms with Gasteiger partial charge in [-0.2, -0.15) is 5.10 Å². The first-order chi connectivity index (χ1) is 7.15. The summed E-state index contributed by atoms with van der Waals surface area (Å²) in [6.45, 7) is 7.31. The molecular formula is C11H21N3O. The number of nitrogens with one attached hydrogen (secondary N) is 2. The molecular weight excluding hydrogens is 190 g/mol. The van der Waals surface area contributed by atoms with E-state index in [1.165, 1.54) is 5.56 Å². The highest BCUT2D eigenvalue weighted by Crippen LogP contribution is 2.09. The van der Waals surface area contributed by atoms with Gasteiger partial charge in [0.05, 0.1) is 5.69 Å². The molecule has 4 heteroatoms. The first kappa shape index (κ1) is 12.2. The van der Waals surface area contributed by atoms with E-state index >= 15 is 0 Å². The van der Waals surface area contributed by atoms with Gasteiger partial charge in [0.15, 0.2) is 0 Å². The number of aliphatic hydroxyl groups is 1. The van der Waals surface area contributed by atoms with Gasteiger partial charge >= 0.3 is 0 Å². The standard InChI is InChI=1S/C11H21N3O/c1-8(5-4-6-15)12-7-11-9(2)13-14-10(11)3/h8,12,15H,4-7H2,1-3H3,(H,13,14). The minimum atomic E-state index is 0.274. The molecule has 1 heterocycles. The second-order valence-corrected chi connectivity index (χ2v) is 4.06. The van der Waals surface area contributed by atoms with E-state index in [9.17, 15) is 0 Å². The lowest BCUT2D eigenvalue weighted by molar-refractivity contribution is 0.276. The second-order valence-electron chi connectivity index (χ2n) is 4.06. The number of hydrogen-bond donors (Lipinski definition) is 3. The fourth-order valence-corrected chi connectivity index (χ4v) is 1.61. The van der Waals surface area contributed by atoms with Crippen LogP contribution in [0.4, 0.5) is 0 Å². The predicted molar refractivity (Wildman–Crippen MR) is 60.7 cm³/mol. The Morgan fingerprint density at radius 3 is 2.73 bits per heavy atom. The molecule has 4 nitrogen and oxygen atoms in total. The molecule has 1 aromatic rings. The fourth-order valence-electron chi connectivity index (χ4n) is 1.61. The van der Waals surface area contributed by atoms with Crippen molar-refractivity contribution < 1.29 is 5.11 Å². The summed E-state index contributed by atoms with van der Waals surface area (Å²) in [5.41, 5.74) is 3.45. The Kier molecular flexibility index (Phi) is 4.78. The summed E-state index contributed by atoms with van der Waals surface area (Å²) in [5, 5.41) is 19.3. The SMILES string of the molecule is Cc1n[nH]c(C)c1CNC(C)CCCO. The number of H-pyrrole nitrogens is 1. The van der Waals surface area contributed by atoms with Crippen LogP contribution in [0, 0.1) is 13.8 Å². The quantitative estimate of drug-likeness (QED) is 0.664. The van der Waals surface area contributed by atoms with E-state index < -0.39 is 0 Å². The van der Waals surface area contributed by atoms with Crippen molar-refractivity contribution in [3.63, 3.8) is 0 Å². The molecule has 0 aromatic carbocycles. The number of hydrogen-bond acceptors (Lipinski definition) is 3. The zero-order valence-corrected chi connectivity index (χ0v) is 9.80. The van der Waals surface area contributed by atoms with Crippen molar-refractivity contribution in [3.8, 4) is 0 Å². The van der Waals surface area contributed by atoms with Crippen LogP contribution in [0.15, 0.2) is 0 Å². The first-order valence-corrected chi connectivity index (χ1v) is 5.49. The lowest BCUT2D eigenvalue weighted by Gasteiger charge is -2.13. The fraction of sp³-hybridized carbons (Fsp3) is 0.727. The van der Waals surface area contributed by atoms with E-state index in [2.05, 4.69) is 22.4 Å². The van der Waals surface area contributed by atoms with Crippen LogP contribution in [-0.4, -0.2) is 28.0 Å². The Morgan fingerprint density at radius 1 is 1.47 bits per heavy atom. The van der Waals surface area contributed by atoms with Crippen LogP contribution < -0.4 is 5.32 Å². The van der Waals surface area contributed by atoms with E-state index in [0.717, 1.165) is 30.8 Å². The van der Waals surface area contributed by atoms with E-state index in [0.29, 0.717) is 6.04 Å². The van der Waals surface area contributed by atoms with Gasteiger partial charge in [0.2, 0.25) is 0 Å². The van der Waals surface area contributed by atoms with Gasteiger partial charge in [-0.3, -0.25) is 5.10 Å². The van der Waals surface area contributed by atoms with Crippen molar-refractivity contribution in [2.45, 2.75) is 46.2 Å². The maximum atomic E-state index is 8.71. The molecule has 0 saturated heterocycles. The molecule has 0 aliphatic heterocycles. The molecule has 1 rings (SSSR count). The molecule has 0 spiro atoms. The highest BCUT2D eigenvalue weighted by Gasteiger charge is 2.07. The summed E-state index contributed by atoms with van der Waals surface area (Å²) in [7, 11) is 0. The third kappa shape index (κ3) is 3.64. The van der Waals surface area contributed by atoms with Crippen LogP contribution in [0.3, 0.4) is 0 Å². The van der Waals surface area contributed by atoms with Crippen molar-refractivity contribution in [1.29, 1.82) is 0 Å². The summed E-state index contributed by atoms with van der Waals surface area (Å²) in [6.07, 6.45) is 1.87.